The number of thiol groups is 2. The van der Waals surface area contributed by atoms with Crippen molar-refractivity contribution in [2.45, 2.75) is 43.2 Å². The van der Waals surface area contributed by atoms with Crippen molar-refractivity contribution in [1.29, 1.82) is 0 Å². The first-order valence-electron chi connectivity index (χ1n) is 10.4. The molecule has 5 amide bonds. The third-order valence-electron chi connectivity index (χ3n) is 4.46. The van der Waals surface area contributed by atoms with Gasteiger partial charge in [0.05, 0.1) is 25.4 Å². The van der Waals surface area contributed by atoms with Crippen LogP contribution in [0.1, 0.15) is 6.92 Å². The number of rotatable bonds is 16. The summed E-state index contributed by atoms with van der Waals surface area (Å²) in [4.78, 5) is 71.9. The molecule has 6 atom stereocenters. The quantitative estimate of drug-likeness (QED) is 0.0795. The van der Waals surface area contributed by atoms with Gasteiger partial charge in [-0.05, 0) is 6.92 Å². The standard InChI is InChI=1S/C18H32N6O10S2/c1-7(27)13(24-17(33)10(4-26)21-14(30)8(19)5-35)18(34)22-9(3-25)16(32)23-11(6-36)15(31)20-2-12(28)29/h7-11,13,25-27,35-36H,2-6,19H2,1H3,(H,20,31)(H,21,30)(H,22,34)(H,23,32)(H,24,33)(H,28,29)/t7-,8+,9+,10+,11+,13+/m1/s1. The van der Waals surface area contributed by atoms with E-state index in [2.05, 4.69) is 46.5 Å². The number of carboxylic acids is 1. The Bertz CT molecular complexity index is 802. The summed E-state index contributed by atoms with van der Waals surface area (Å²) in [6.07, 6.45) is -1.53. The molecule has 36 heavy (non-hydrogen) atoms. The largest absolute Gasteiger partial charge is 0.480 e. The highest BCUT2D eigenvalue weighted by Gasteiger charge is 2.33. The SMILES string of the molecule is C[C@@H](O)[C@H](NC(=O)[C@H](CO)NC(=O)[C@@H](N)CS)C(=O)N[C@@H](CO)C(=O)N[C@@H](CS)C(=O)NCC(=O)O. The van der Waals surface area contributed by atoms with E-state index in [1.54, 1.807) is 0 Å². The highest BCUT2D eigenvalue weighted by Crippen LogP contribution is 1.99. The average Bonchev–Trinajstić information content (AvgIpc) is 2.84. The Hall–Kier alpha value is -2.64. The number of carbonyl (C=O) groups is 6. The van der Waals surface area contributed by atoms with Crippen LogP contribution >= 0.6 is 25.3 Å². The van der Waals surface area contributed by atoms with Crippen molar-refractivity contribution in [2.75, 3.05) is 31.3 Å². The molecule has 0 aromatic carbocycles. The topological polar surface area (TPSA) is 270 Å². The van der Waals surface area contributed by atoms with Gasteiger partial charge in [0.25, 0.3) is 0 Å². The van der Waals surface area contributed by atoms with Crippen molar-refractivity contribution < 1.29 is 49.2 Å². The second-order valence-corrected chi connectivity index (χ2v) is 8.09. The van der Waals surface area contributed by atoms with Crippen LogP contribution in [0.4, 0.5) is 0 Å². The number of carbonyl (C=O) groups excluding carboxylic acids is 5. The second-order valence-electron chi connectivity index (χ2n) is 7.36. The van der Waals surface area contributed by atoms with Crippen molar-refractivity contribution >= 4 is 60.8 Å². The summed E-state index contributed by atoms with van der Waals surface area (Å²) < 4.78 is 0. The highest BCUT2D eigenvalue weighted by atomic mass is 32.1. The van der Waals surface area contributed by atoms with Crippen molar-refractivity contribution in [3.63, 3.8) is 0 Å². The zero-order valence-electron chi connectivity index (χ0n) is 19.2. The number of aliphatic hydroxyl groups excluding tert-OH is 3. The van der Waals surface area contributed by atoms with Crippen LogP contribution in [-0.4, -0.2) is 124 Å². The van der Waals surface area contributed by atoms with E-state index in [4.69, 9.17) is 10.8 Å². The summed E-state index contributed by atoms with van der Waals surface area (Å²) in [5.74, 6) is -6.55. The molecule has 18 heteroatoms. The normalized spacial score (nSPS) is 15.8. The Labute approximate surface area is 216 Å². The maximum atomic E-state index is 12.6. The zero-order chi connectivity index (χ0) is 28.0. The van der Waals surface area contributed by atoms with Gasteiger partial charge in [0, 0.05) is 11.5 Å². The van der Waals surface area contributed by atoms with E-state index >= 15 is 0 Å². The molecule has 0 aliphatic rings. The van der Waals surface area contributed by atoms with Gasteiger partial charge in [0.1, 0.15) is 30.7 Å². The lowest BCUT2D eigenvalue weighted by molar-refractivity contribution is -0.138. The molecule has 206 valence electrons. The van der Waals surface area contributed by atoms with E-state index in [0.29, 0.717) is 0 Å². The Balaban J connectivity index is 5.30. The van der Waals surface area contributed by atoms with Crippen LogP contribution in [0.25, 0.3) is 0 Å². The molecular formula is C18H32N6O10S2. The molecule has 0 aliphatic heterocycles. The molecule has 0 aromatic rings. The van der Waals surface area contributed by atoms with Crippen LogP contribution < -0.4 is 32.3 Å². The molecule has 0 radical (unpaired) electrons. The maximum absolute atomic E-state index is 12.6. The minimum Gasteiger partial charge on any atom is -0.480 e. The molecule has 16 nitrogen and oxygen atoms in total. The van der Waals surface area contributed by atoms with E-state index < -0.39 is 91.6 Å². The summed E-state index contributed by atoms with van der Waals surface area (Å²) in [5, 5.41) is 48.1. The molecule has 0 rings (SSSR count). The Kier molecular flexibility index (Phi) is 15.7. The van der Waals surface area contributed by atoms with E-state index in [1.807, 2.05) is 5.32 Å². The molecule has 0 unspecified atom stereocenters. The summed E-state index contributed by atoms with van der Waals surface area (Å²) in [6, 6.07) is -7.26. The molecule has 0 aromatic heterocycles. The van der Waals surface area contributed by atoms with Gasteiger partial charge in [0.2, 0.25) is 29.5 Å². The minimum absolute atomic E-state index is 0.0514. The summed E-state index contributed by atoms with van der Waals surface area (Å²) in [6.45, 7) is -1.41. The number of aliphatic carboxylic acids is 1. The van der Waals surface area contributed by atoms with Gasteiger partial charge >= 0.3 is 5.97 Å². The lowest BCUT2D eigenvalue weighted by Crippen LogP contribution is -2.62. The van der Waals surface area contributed by atoms with Crippen LogP contribution in [0.2, 0.25) is 0 Å². The first-order valence-corrected chi connectivity index (χ1v) is 11.7. The number of carboxylic acid groups (broad SMARTS) is 1. The summed E-state index contributed by atoms with van der Waals surface area (Å²) in [5.41, 5.74) is 5.49. The van der Waals surface area contributed by atoms with Gasteiger partial charge in [-0.25, -0.2) is 0 Å². The van der Waals surface area contributed by atoms with Crippen molar-refractivity contribution in [1.82, 2.24) is 26.6 Å². The monoisotopic (exact) mass is 556 g/mol. The van der Waals surface area contributed by atoms with Crippen molar-refractivity contribution in [3.8, 4) is 0 Å². The lowest BCUT2D eigenvalue weighted by atomic mass is 10.1. The lowest BCUT2D eigenvalue weighted by Gasteiger charge is -2.26. The smallest absolute Gasteiger partial charge is 0.322 e. The molecule has 0 bridgehead atoms. The third kappa shape index (κ3) is 11.4. The van der Waals surface area contributed by atoms with Crippen LogP contribution in [-0.2, 0) is 28.8 Å². The second kappa shape index (κ2) is 16.9. The van der Waals surface area contributed by atoms with Gasteiger partial charge in [-0.2, -0.15) is 25.3 Å². The minimum atomic E-state index is -1.69. The van der Waals surface area contributed by atoms with Crippen molar-refractivity contribution in [3.05, 3.63) is 0 Å². The fourth-order valence-corrected chi connectivity index (χ4v) is 2.85. The van der Waals surface area contributed by atoms with E-state index in [-0.39, 0.29) is 11.5 Å². The first-order chi connectivity index (χ1) is 16.8. The molecule has 11 N–H and O–H groups in total. The predicted octanol–water partition coefficient (Wildman–Crippen LogP) is -6.32. The average molecular weight is 557 g/mol. The number of nitrogens with one attached hydrogen (secondary N) is 5. The molecule has 0 saturated heterocycles. The number of hydrogen-bond donors (Lipinski definition) is 12. The van der Waals surface area contributed by atoms with Crippen LogP contribution in [0, 0.1) is 0 Å². The fraction of sp³-hybridized carbons (Fsp3) is 0.667. The van der Waals surface area contributed by atoms with Crippen LogP contribution in [0.5, 0.6) is 0 Å². The number of nitrogens with two attached hydrogens (primary N) is 1. The number of amides is 5. The van der Waals surface area contributed by atoms with Gasteiger partial charge < -0.3 is 52.7 Å². The molecule has 0 aliphatic carbocycles. The molecule has 0 spiro atoms. The molecule has 0 heterocycles. The first kappa shape index (κ1) is 33.4. The fourth-order valence-electron chi connectivity index (χ4n) is 2.42. The van der Waals surface area contributed by atoms with Crippen molar-refractivity contribution in [2.24, 2.45) is 5.73 Å². The van der Waals surface area contributed by atoms with Gasteiger partial charge in [-0.15, -0.1) is 0 Å². The van der Waals surface area contributed by atoms with Gasteiger partial charge in [-0.1, -0.05) is 0 Å². The predicted molar refractivity (Wildman–Crippen MR) is 130 cm³/mol. The Morgan fingerprint density at radius 2 is 1.22 bits per heavy atom. The number of hydrogen-bond acceptors (Lipinski definition) is 12. The van der Waals surface area contributed by atoms with E-state index in [9.17, 15) is 44.1 Å². The molecular weight excluding hydrogens is 524 g/mol. The summed E-state index contributed by atoms with van der Waals surface area (Å²) >= 11 is 7.74. The molecule has 0 fully saturated rings. The van der Waals surface area contributed by atoms with E-state index in [1.165, 1.54) is 0 Å². The maximum Gasteiger partial charge on any atom is 0.322 e. The highest BCUT2D eigenvalue weighted by molar-refractivity contribution is 7.80. The third-order valence-corrected chi connectivity index (χ3v) is 5.22. The van der Waals surface area contributed by atoms with Crippen LogP contribution in [0.15, 0.2) is 0 Å². The number of aliphatic hydroxyl groups is 3. The Morgan fingerprint density at radius 3 is 1.64 bits per heavy atom. The van der Waals surface area contributed by atoms with Crippen LogP contribution in [0.3, 0.4) is 0 Å². The van der Waals surface area contributed by atoms with Gasteiger partial charge in [0.15, 0.2) is 0 Å². The Morgan fingerprint density at radius 1 is 0.750 bits per heavy atom. The zero-order valence-corrected chi connectivity index (χ0v) is 21.0. The molecule has 0 saturated carbocycles. The van der Waals surface area contributed by atoms with Gasteiger partial charge in [-0.3, -0.25) is 28.8 Å². The summed E-state index contributed by atoms with van der Waals surface area (Å²) in [7, 11) is 0. The van der Waals surface area contributed by atoms with E-state index in [0.717, 1.165) is 6.92 Å².